The predicted octanol–water partition coefficient (Wildman–Crippen LogP) is 0.755. The third-order valence-corrected chi connectivity index (χ3v) is 4.19. The Morgan fingerprint density at radius 2 is 2.00 bits per heavy atom. The lowest BCUT2D eigenvalue weighted by atomic mass is 10.0. The van der Waals surface area contributed by atoms with E-state index in [0.717, 1.165) is 32.6 Å². The molecule has 0 amide bonds. The molecule has 0 bridgehead atoms. The maximum Gasteiger partial charge on any atom is 0.238 e. The monoisotopic (exact) mass is 285 g/mol. The molecule has 6 nitrogen and oxygen atoms in total. The largest absolute Gasteiger partial charge is 0.397 e. The number of sulfonamides is 1. The van der Waals surface area contributed by atoms with Crippen LogP contribution in [0, 0.1) is 5.92 Å². The zero-order valence-electron chi connectivity index (χ0n) is 10.6. The normalized spacial score (nSPS) is 17.3. The number of nitrogens with two attached hydrogens (primary N) is 2. The van der Waals surface area contributed by atoms with E-state index in [1.54, 1.807) is 6.07 Å². The van der Waals surface area contributed by atoms with E-state index >= 15 is 0 Å². The molecule has 0 unspecified atom stereocenters. The Hall–Kier alpha value is -1.31. The van der Waals surface area contributed by atoms with Crippen molar-refractivity contribution in [2.45, 2.75) is 17.7 Å². The second kappa shape index (κ2) is 5.77. The lowest BCUT2D eigenvalue weighted by Gasteiger charge is -2.23. The first kappa shape index (κ1) is 14.1. The number of anilines is 2. The molecular formula is C12H19N3O3S. The molecule has 0 saturated carbocycles. The van der Waals surface area contributed by atoms with Crippen molar-refractivity contribution in [3.8, 4) is 0 Å². The molecule has 0 aromatic heterocycles. The topological polar surface area (TPSA) is 107 Å². The number of primary sulfonamides is 1. The molecule has 106 valence electrons. The maximum absolute atomic E-state index is 11.3. The average molecular weight is 285 g/mol. The zero-order chi connectivity index (χ0) is 13.9. The molecule has 0 atom stereocenters. The van der Waals surface area contributed by atoms with E-state index < -0.39 is 10.0 Å². The smallest absolute Gasteiger partial charge is 0.238 e. The van der Waals surface area contributed by atoms with E-state index in [1.165, 1.54) is 12.1 Å². The van der Waals surface area contributed by atoms with Crippen LogP contribution in [-0.2, 0) is 14.8 Å². The summed E-state index contributed by atoms with van der Waals surface area (Å²) in [4.78, 5) is 0.0659. The van der Waals surface area contributed by atoms with Crippen molar-refractivity contribution in [2.24, 2.45) is 11.1 Å². The van der Waals surface area contributed by atoms with Crippen LogP contribution in [0.4, 0.5) is 11.4 Å². The Bertz CT molecular complexity index is 539. The molecule has 1 aromatic carbocycles. The van der Waals surface area contributed by atoms with Gasteiger partial charge in [-0.3, -0.25) is 0 Å². The highest BCUT2D eigenvalue weighted by Crippen LogP contribution is 2.23. The summed E-state index contributed by atoms with van der Waals surface area (Å²) in [5.74, 6) is 0.520. The van der Waals surface area contributed by atoms with Gasteiger partial charge in [-0.05, 0) is 37.0 Å². The minimum Gasteiger partial charge on any atom is -0.397 e. The van der Waals surface area contributed by atoms with Crippen molar-refractivity contribution in [3.63, 3.8) is 0 Å². The van der Waals surface area contributed by atoms with Crippen LogP contribution in [0.25, 0.3) is 0 Å². The second-order valence-corrected chi connectivity index (χ2v) is 6.29. The van der Waals surface area contributed by atoms with Gasteiger partial charge < -0.3 is 15.8 Å². The van der Waals surface area contributed by atoms with E-state index in [-0.39, 0.29) is 4.90 Å². The lowest BCUT2D eigenvalue weighted by Crippen LogP contribution is -2.23. The first-order valence-electron chi connectivity index (χ1n) is 6.21. The van der Waals surface area contributed by atoms with Gasteiger partial charge in [0.2, 0.25) is 10.0 Å². The fourth-order valence-electron chi connectivity index (χ4n) is 2.07. The summed E-state index contributed by atoms with van der Waals surface area (Å²) in [7, 11) is -3.70. The minimum atomic E-state index is -3.70. The van der Waals surface area contributed by atoms with Gasteiger partial charge in [-0.25, -0.2) is 13.6 Å². The minimum absolute atomic E-state index is 0.0659. The molecule has 1 aliphatic rings. The maximum atomic E-state index is 11.3. The molecule has 2 rings (SSSR count). The number of nitrogen functional groups attached to an aromatic ring is 1. The van der Waals surface area contributed by atoms with Crippen LogP contribution in [0.3, 0.4) is 0 Å². The van der Waals surface area contributed by atoms with Gasteiger partial charge in [0, 0.05) is 19.8 Å². The number of hydrogen-bond donors (Lipinski definition) is 3. The summed E-state index contributed by atoms with van der Waals surface area (Å²) in [5.41, 5.74) is 6.95. The zero-order valence-corrected chi connectivity index (χ0v) is 11.4. The van der Waals surface area contributed by atoms with Crippen LogP contribution in [0.5, 0.6) is 0 Å². The third kappa shape index (κ3) is 3.82. The van der Waals surface area contributed by atoms with Crippen LogP contribution in [0.2, 0.25) is 0 Å². The van der Waals surface area contributed by atoms with Gasteiger partial charge in [0.25, 0.3) is 0 Å². The highest BCUT2D eigenvalue weighted by molar-refractivity contribution is 7.89. The van der Waals surface area contributed by atoms with E-state index in [0.29, 0.717) is 17.3 Å². The number of nitrogens with one attached hydrogen (secondary N) is 1. The molecule has 1 fully saturated rings. The van der Waals surface area contributed by atoms with E-state index in [2.05, 4.69) is 5.32 Å². The highest BCUT2D eigenvalue weighted by atomic mass is 32.2. The van der Waals surface area contributed by atoms with E-state index in [9.17, 15) is 8.42 Å². The van der Waals surface area contributed by atoms with Gasteiger partial charge in [0.15, 0.2) is 0 Å². The molecule has 1 heterocycles. The van der Waals surface area contributed by atoms with Gasteiger partial charge in [-0.15, -0.1) is 0 Å². The summed E-state index contributed by atoms with van der Waals surface area (Å²) >= 11 is 0. The molecule has 7 heteroatoms. The van der Waals surface area contributed by atoms with Crippen LogP contribution >= 0.6 is 0 Å². The number of benzene rings is 1. The van der Waals surface area contributed by atoms with Crippen LogP contribution < -0.4 is 16.2 Å². The van der Waals surface area contributed by atoms with Gasteiger partial charge >= 0.3 is 0 Å². The lowest BCUT2D eigenvalue weighted by molar-refractivity contribution is 0.0699. The van der Waals surface area contributed by atoms with Crippen molar-refractivity contribution < 1.29 is 13.2 Å². The SMILES string of the molecule is Nc1ccc(S(N)(=O)=O)cc1NCC1CCOCC1. The summed E-state index contributed by atoms with van der Waals surface area (Å²) in [5, 5.41) is 8.30. The molecule has 0 aliphatic carbocycles. The number of ether oxygens (including phenoxy) is 1. The van der Waals surface area contributed by atoms with Crippen molar-refractivity contribution in [2.75, 3.05) is 30.8 Å². The fraction of sp³-hybridized carbons (Fsp3) is 0.500. The molecule has 5 N–H and O–H groups in total. The number of hydrogen-bond acceptors (Lipinski definition) is 5. The standard InChI is InChI=1S/C12H19N3O3S/c13-11-2-1-10(19(14,16)17)7-12(11)15-8-9-3-5-18-6-4-9/h1-2,7,9,15H,3-6,8,13H2,(H2,14,16,17). The van der Waals surface area contributed by atoms with Gasteiger partial charge in [0.05, 0.1) is 16.3 Å². The van der Waals surface area contributed by atoms with Crippen molar-refractivity contribution >= 4 is 21.4 Å². The molecule has 0 spiro atoms. The summed E-state index contributed by atoms with van der Waals surface area (Å²) < 4.78 is 27.9. The van der Waals surface area contributed by atoms with E-state index in [4.69, 9.17) is 15.6 Å². The van der Waals surface area contributed by atoms with Gasteiger partial charge in [-0.2, -0.15) is 0 Å². The Labute approximate surface area is 113 Å². The summed E-state index contributed by atoms with van der Waals surface area (Å²) in [6.45, 7) is 2.31. The molecule has 0 radical (unpaired) electrons. The predicted molar refractivity (Wildman–Crippen MR) is 74.3 cm³/mol. The van der Waals surface area contributed by atoms with Crippen molar-refractivity contribution in [3.05, 3.63) is 18.2 Å². The van der Waals surface area contributed by atoms with E-state index in [1.807, 2.05) is 0 Å². The van der Waals surface area contributed by atoms with Crippen LogP contribution in [0.15, 0.2) is 23.1 Å². The summed E-state index contributed by atoms with van der Waals surface area (Å²) in [6.07, 6.45) is 2.00. The summed E-state index contributed by atoms with van der Waals surface area (Å²) in [6, 6.07) is 4.43. The molecular weight excluding hydrogens is 266 g/mol. The van der Waals surface area contributed by atoms with Gasteiger partial charge in [0.1, 0.15) is 0 Å². The average Bonchev–Trinajstić information content (AvgIpc) is 2.37. The Balaban J connectivity index is 2.06. The fourth-order valence-corrected chi connectivity index (χ4v) is 2.61. The van der Waals surface area contributed by atoms with Crippen molar-refractivity contribution in [1.29, 1.82) is 0 Å². The van der Waals surface area contributed by atoms with Crippen molar-refractivity contribution in [1.82, 2.24) is 0 Å². The number of rotatable bonds is 4. The Morgan fingerprint density at radius 3 is 2.63 bits per heavy atom. The molecule has 19 heavy (non-hydrogen) atoms. The molecule has 1 saturated heterocycles. The molecule has 1 aromatic rings. The second-order valence-electron chi connectivity index (χ2n) is 4.73. The molecule has 1 aliphatic heterocycles. The first-order valence-corrected chi connectivity index (χ1v) is 7.75. The third-order valence-electron chi connectivity index (χ3n) is 3.28. The van der Waals surface area contributed by atoms with Crippen LogP contribution in [-0.4, -0.2) is 28.2 Å². The van der Waals surface area contributed by atoms with Crippen LogP contribution in [0.1, 0.15) is 12.8 Å². The first-order chi connectivity index (χ1) is 8.97. The quantitative estimate of drug-likeness (QED) is 0.708. The Morgan fingerprint density at radius 1 is 1.32 bits per heavy atom. The highest BCUT2D eigenvalue weighted by Gasteiger charge is 2.15. The van der Waals surface area contributed by atoms with Gasteiger partial charge in [-0.1, -0.05) is 0 Å². The Kier molecular flexibility index (Phi) is 4.28.